The number of hydrogen-bond donors (Lipinski definition) is 5. The molecule has 8 atom stereocenters. The van der Waals surface area contributed by atoms with Crippen molar-refractivity contribution in [1.29, 1.82) is 0 Å². The summed E-state index contributed by atoms with van der Waals surface area (Å²) in [5, 5.41) is 49.9. The van der Waals surface area contributed by atoms with E-state index in [4.69, 9.17) is 18.9 Å². The molecule has 0 aromatic heterocycles. The topological polar surface area (TPSA) is 155 Å². The number of aliphatic hydroxyl groups excluding tert-OH is 4. The molecule has 10 heteroatoms. The Hall–Kier alpha value is -1.53. The maximum Gasteiger partial charge on any atom is 0.340 e. The third kappa shape index (κ3) is 3.03. The molecule has 3 rings (SSSR count). The molecule has 0 radical (unpaired) electrons. The van der Waals surface area contributed by atoms with Crippen LogP contribution in [0.2, 0.25) is 0 Å². The third-order valence-electron chi connectivity index (χ3n) is 4.94. The van der Waals surface area contributed by atoms with Gasteiger partial charge in [0.1, 0.15) is 35.6 Å². The highest BCUT2D eigenvalue weighted by molar-refractivity contribution is 5.91. The molecule has 3 aliphatic heterocycles. The van der Waals surface area contributed by atoms with E-state index >= 15 is 0 Å². The first-order chi connectivity index (χ1) is 12.3. The lowest BCUT2D eigenvalue weighted by atomic mass is 9.76. The van der Waals surface area contributed by atoms with Gasteiger partial charge in [-0.15, -0.1) is 6.58 Å². The molecule has 3 aliphatic rings. The number of fused-ring (bicyclic) bond motifs is 1. The van der Waals surface area contributed by atoms with Crippen molar-refractivity contribution >= 4 is 5.97 Å². The zero-order chi connectivity index (χ0) is 19.1. The normalized spacial score (nSPS) is 45.8. The maximum atomic E-state index is 11.8. The first-order valence-corrected chi connectivity index (χ1v) is 8.17. The Kier molecular flexibility index (Phi) is 5.35. The summed E-state index contributed by atoms with van der Waals surface area (Å²) in [6.45, 7) is 3.03. The average molecular weight is 374 g/mol. The molecule has 0 aromatic rings. The fourth-order valence-corrected chi connectivity index (χ4v) is 3.36. The monoisotopic (exact) mass is 374 g/mol. The summed E-state index contributed by atoms with van der Waals surface area (Å²) in [7, 11) is 0. The van der Waals surface area contributed by atoms with Gasteiger partial charge in [-0.1, -0.05) is 6.08 Å². The highest BCUT2D eigenvalue weighted by atomic mass is 16.8. The van der Waals surface area contributed by atoms with E-state index in [2.05, 4.69) is 6.58 Å². The van der Waals surface area contributed by atoms with Crippen LogP contribution in [0.1, 0.15) is 6.42 Å². The molecular weight excluding hydrogens is 352 g/mol. The summed E-state index contributed by atoms with van der Waals surface area (Å²) in [5.74, 6) is -1.61. The number of ether oxygens (including phenoxy) is 4. The maximum absolute atomic E-state index is 11.8. The van der Waals surface area contributed by atoms with Crippen molar-refractivity contribution in [2.45, 2.75) is 49.0 Å². The van der Waals surface area contributed by atoms with Crippen LogP contribution in [-0.4, -0.2) is 87.3 Å². The Morgan fingerprint density at radius 1 is 1.27 bits per heavy atom. The van der Waals surface area contributed by atoms with E-state index in [1.807, 2.05) is 0 Å². The first-order valence-electron chi connectivity index (χ1n) is 8.17. The van der Waals surface area contributed by atoms with Crippen molar-refractivity contribution in [3.63, 3.8) is 0 Å². The standard InChI is InChI=1S/C16H22O10/c1-2-7-14(24-6-8-13(21)23-4-3-16(7,8)22)26-15-12(20)11(19)10(18)9(5-17)25-15/h2,6-7,9-12,14-15,17-20,22H,1,3-5H2/t7-,9-,10-,11+,12+,14-,15-,16+/m0/s1. The molecule has 0 amide bonds. The molecule has 146 valence electrons. The lowest BCUT2D eigenvalue weighted by molar-refractivity contribution is -0.344. The van der Waals surface area contributed by atoms with Gasteiger partial charge in [0.05, 0.1) is 25.4 Å². The van der Waals surface area contributed by atoms with E-state index in [0.29, 0.717) is 0 Å². The smallest absolute Gasteiger partial charge is 0.340 e. The van der Waals surface area contributed by atoms with Crippen LogP contribution in [0.15, 0.2) is 24.5 Å². The Balaban J connectivity index is 1.81. The Morgan fingerprint density at radius 2 is 2.00 bits per heavy atom. The van der Waals surface area contributed by atoms with Crippen LogP contribution in [0.25, 0.3) is 0 Å². The van der Waals surface area contributed by atoms with Crippen LogP contribution >= 0.6 is 0 Å². The van der Waals surface area contributed by atoms with E-state index in [1.54, 1.807) is 0 Å². The van der Waals surface area contributed by atoms with Gasteiger partial charge in [0.2, 0.25) is 6.29 Å². The molecule has 26 heavy (non-hydrogen) atoms. The number of aliphatic hydroxyl groups is 5. The van der Waals surface area contributed by atoms with E-state index in [9.17, 15) is 30.3 Å². The largest absolute Gasteiger partial charge is 0.471 e. The lowest BCUT2D eigenvalue weighted by Crippen LogP contribution is -2.61. The van der Waals surface area contributed by atoms with Gasteiger partial charge in [-0.3, -0.25) is 0 Å². The van der Waals surface area contributed by atoms with Crippen molar-refractivity contribution in [2.24, 2.45) is 5.92 Å². The Morgan fingerprint density at radius 3 is 2.65 bits per heavy atom. The second-order valence-electron chi connectivity index (χ2n) is 6.44. The first kappa shape index (κ1) is 19.2. The van der Waals surface area contributed by atoms with Gasteiger partial charge >= 0.3 is 5.97 Å². The fraction of sp³-hybridized carbons (Fsp3) is 0.688. The van der Waals surface area contributed by atoms with E-state index in [0.717, 1.165) is 6.26 Å². The molecular formula is C16H22O10. The molecule has 3 heterocycles. The van der Waals surface area contributed by atoms with Crippen LogP contribution in [0.5, 0.6) is 0 Å². The van der Waals surface area contributed by atoms with Gasteiger partial charge < -0.3 is 44.5 Å². The van der Waals surface area contributed by atoms with Crippen LogP contribution < -0.4 is 0 Å². The van der Waals surface area contributed by atoms with Gasteiger partial charge in [-0.25, -0.2) is 4.79 Å². The number of esters is 1. The number of hydrogen-bond acceptors (Lipinski definition) is 10. The Bertz CT molecular complexity index is 590. The summed E-state index contributed by atoms with van der Waals surface area (Å²) in [4.78, 5) is 11.8. The van der Waals surface area contributed by atoms with Gasteiger partial charge in [0.25, 0.3) is 0 Å². The van der Waals surface area contributed by atoms with Crippen LogP contribution in [0.4, 0.5) is 0 Å². The molecule has 10 nitrogen and oxygen atoms in total. The highest BCUT2D eigenvalue weighted by Gasteiger charge is 2.54. The molecule has 2 saturated heterocycles. The summed E-state index contributed by atoms with van der Waals surface area (Å²) < 4.78 is 21.1. The van der Waals surface area contributed by atoms with Crippen LogP contribution in [0, 0.1) is 5.92 Å². The fourth-order valence-electron chi connectivity index (χ4n) is 3.36. The van der Waals surface area contributed by atoms with Crippen molar-refractivity contribution in [3.05, 3.63) is 24.5 Å². The average Bonchev–Trinajstić information content (AvgIpc) is 2.61. The highest BCUT2D eigenvalue weighted by Crippen LogP contribution is 2.42. The third-order valence-corrected chi connectivity index (χ3v) is 4.94. The minimum Gasteiger partial charge on any atom is -0.471 e. The van der Waals surface area contributed by atoms with Crippen LogP contribution in [-0.2, 0) is 23.7 Å². The summed E-state index contributed by atoms with van der Waals surface area (Å²) in [5.41, 5.74) is -1.70. The summed E-state index contributed by atoms with van der Waals surface area (Å²) in [6.07, 6.45) is -6.10. The summed E-state index contributed by atoms with van der Waals surface area (Å²) >= 11 is 0. The second-order valence-corrected chi connectivity index (χ2v) is 6.44. The van der Waals surface area contributed by atoms with Crippen molar-refractivity contribution < 1.29 is 49.3 Å². The summed E-state index contributed by atoms with van der Waals surface area (Å²) in [6, 6.07) is 0. The minimum atomic E-state index is -1.63. The second kappa shape index (κ2) is 7.24. The van der Waals surface area contributed by atoms with Crippen LogP contribution in [0.3, 0.4) is 0 Å². The van der Waals surface area contributed by atoms with Gasteiger partial charge in [0, 0.05) is 6.42 Å². The van der Waals surface area contributed by atoms with Gasteiger partial charge in [-0.05, 0) is 0 Å². The zero-order valence-electron chi connectivity index (χ0n) is 13.8. The molecule has 0 spiro atoms. The van der Waals surface area contributed by atoms with E-state index in [-0.39, 0.29) is 18.6 Å². The number of carbonyl (C=O) groups excluding carboxylic acids is 1. The van der Waals surface area contributed by atoms with Crippen molar-refractivity contribution in [3.8, 4) is 0 Å². The van der Waals surface area contributed by atoms with E-state index < -0.39 is 61.1 Å². The molecule has 0 aromatic carbocycles. The zero-order valence-corrected chi connectivity index (χ0v) is 13.8. The van der Waals surface area contributed by atoms with Gasteiger partial charge in [-0.2, -0.15) is 0 Å². The SMILES string of the molecule is C=C[C@H]1[C@H](O[C@@H]2O[C@@H](CO)[C@H](O)[C@@H](O)[C@H]2O)OC=C2C(=O)OCC[C@]21O. The van der Waals surface area contributed by atoms with E-state index in [1.165, 1.54) is 6.08 Å². The number of cyclic esters (lactones) is 1. The molecule has 0 aliphatic carbocycles. The number of rotatable bonds is 4. The predicted molar refractivity (Wildman–Crippen MR) is 82.0 cm³/mol. The molecule has 5 N–H and O–H groups in total. The van der Waals surface area contributed by atoms with Crippen molar-refractivity contribution in [1.82, 2.24) is 0 Å². The number of carbonyl (C=O) groups is 1. The van der Waals surface area contributed by atoms with Gasteiger partial charge in [0.15, 0.2) is 6.29 Å². The minimum absolute atomic E-state index is 0.00375. The lowest BCUT2D eigenvalue weighted by Gasteiger charge is -2.46. The molecule has 2 fully saturated rings. The molecule has 0 saturated carbocycles. The molecule has 0 bridgehead atoms. The predicted octanol–water partition coefficient (Wildman–Crippen LogP) is -2.48. The molecule has 0 unspecified atom stereocenters. The Labute approximate surface area is 148 Å². The van der Waals surface area contributed by atoms with Crippen molar-refractivity contribution in [2.75, 3.05) is 13.2 Å². The quantitative estimate of drug-likeness (QED) is 0.264.